The number of benzene rings is 2. The lowest BCUT2D eigenvalue weighted by molar-refractivity contribution is 0.185. The van der Waals surface area contributed by atoms with Crippen molar-refractivity contribution in [2.75, 3.05) is 5.73 Å². The number of aromatic nitrogens is 1. The van der Waals surface area contributed by atoms with Crippen molar-refractivity contribution in [1.82, 2.24) is 4.98 Å². The summed E-state index contributed by atoms with van der Waals surface area (Å²) in [5, 5.41) is 10.2. The third-order valence-corrected chi connectivity index (χ3v) is 3.31. The molecule has 0 saturated carbocycles. The van der Waals surface area contributed by atoms with Gasteiger partial charge in [0.2, 0.25) is 5.89 Å². The fraction of sp³-hybridized carbons (Fsp3) is 0.0714. The van der Waals surface area contributed by atoms with E-state index in [0.29, 0.717) is 16.8 Å². The molecule has 96 valence electrons. The van der Waals surface area contributed by atoms with Crippen LogP contribution in [0.5, 0.6) is 0 Å². The van der Waals surface area contributed by atoms with Crippen LogP contribution < -0.4 is 5.73 Å². The van der Waals surface area contributed by atoms with Gasteiger partial charge in [-0.1, -0.05) is 46.3 Å². The van der Waals surface area contributed by atoms with Gasteiger partial charge in [-0.3, -0.25) is 0 Å². The number of hydrogen-bond acceptors (Lipinski definition) is 4. The molecule has 2 aromatic carbocycles. The molecule has 19 heavy (non-hydrogen) atoms. The van der Waals surface area contributed by atoms with Gasteiger partial charge in [-0.15, -0.1) is 0 Å². The van der Waals surface area contributed by atoms with Crippen LogP contribution in [0.15, 0.2) is 51.4 Å². The molecule has 3 aromatic rings. The monoisotopic (exact) mass is 318 g/mol. The Morgan fingerprint density at radius 3 is 2.68 bits per heavy atom. The Morgan fingerprint density at radius 1 is 1.21 bits per heavy atom. The topological polar surface area (TPSA) is 72.3 Å². The highest BCUT2D eigenvalue weighted by molar-refractivity contribution is 9.10. The summed E-state index contributed by atoms with van der Waals surface area (Å²) in [4.78, 5) is 4.28. The maximum Gasteiger partial charge on any atom is 0.229 e. The molecule has 1 aromatic heterocycles. The van der Waals surface area contributed by atoms with Gasteiger partial charge < -0.3 is 15.3 Å². The standard InChI is InChI=1S/C14H11BrN2O2/c15-9-6-10(16)13-11(7-9)17-14(19-13)12(18)8-4-2-1-3-5-8/h1-7,12,18H,16H2. The quantitative estimate of drug-likeness (QED) is 0.711. The fourth-order valence-electron chi connectivity index (χ4n) is 1.94. The van der Waals surface area contributed by atoms with Crippen LogP contribution >= 0.6 is 15.9 Å². The van der Waals surface area contributed by atoms with Crippen molar-refractivity contribution in [2.45, 2.75) is 6.10 Å². The second kappa shape index (κ2) is 4.68. The van der Waals surface area contributed by atoms with Gasteiger partial charge in [0.1, 0.15) is 5.52 Å². The summed E-state index contributed by atoms with van der Waals surface area (Å²) in [6.07, 6.45) is -0.897. The predicted octanol–water partition coefficient (Wildman–Crippen LogP) is 3.25. The number of anilines is 1. The smallest absolute Gasteiger partial charge is 0.229 e. The fourth-order valence-corrected chi connectivity index (χ4v) is 2.40. The Kier molecular flexibility index (Phi) is 3.00. The van der Waals surface area contributed by atoms with E-state index in [4.69, 9.17) is 10.2 Å². The molecule has 0 aliphatic heterocycles. The molecular weight excluding hydrogens is 308 g/mol. The second-order valence-electron chi connectivity index (χ2n) is 4.21. The molecule has 0 bridgehead atoms. The first-order chi connectivity index (χ1) is 9.15. The van der Waals surface area contributed by atoms with Crippen LogP contribution in [0.2, 0.25) is 0 Å². The molecule has 0 spiro atoms. The summed E-state index contributed by atoms with van der Waals surface area (Å²) in [6.45, 7) is 0. The molecule has 1 atom stereocenters. The summed E-state index contributed by atoms with van der Waals surface area (Å²) < 4.78 is 6.39. The van der Waals surface area contributed by atoms with Crippen LogP contribution in [-0.4, -0.2) is 10.1 Å². The lowest BCUT2D eigenvalue weighted by Crippen LogP contribution is -1.99. The zero-order valence-corrected chi connectivity index (χ0v) is 11.5. The minimum absolute atomic E-state index is 0.242. The van der Waals surface area contributed by atoms with Gasteiger partial charge in [0, 0.05) is 4.47 Å². The van der Waals surface area contributed by atoms with E-state index in [9.17, 15) is 5.11 Å². The lowest BCUT2D eigenvalue weighted by Gasteiger charge is -2.05. The largest absolute Gasteiger partial charge is 0.435 e. The van der Waals surface area contributed by atoms with E-state index in [-0.39, 0.29) is 5.89 Å². The molecule has 5 heteroatoms. The minimum Gasteiger partial charge on any atom is -0.435 e. The average Bonchev–Trinajstić information content (AvgIpc) is 2.83. The number of oxazole rings is 1. The number of halogens is 1. The number of nitrogen functional groups attached to an aromatic ring is 1. The molecule has 4 nitrogen and oxygen atoms in total. The van der Waals surface area contributed by atoms with Crippen LogP contribution in [0.3, 0.4) is 0 Å². The SMILES string of the molecule is Nc1cc(Br)cc2nc(C(O)c3ccccc3)oc12. The Morgan fingerprint density at radius 2 is 1.95 bits per heavy atom. The van der Waals surface area contributed by atoms with Crippen molar-refractivity contribution in [1.29, 1.82) is 0 Å². The third-order valence-electron chi connectivity index (χ3n) is 2.85. The van der Waals surface area contributed by atoms with Crippen molar-refractivity contribution in [3.8, 4) is 0 Å². The van der Waals surface area contributed by atoms with Crippen LogP contribution in [0.25, 0.3) is 11.1 Å². The number of nitrogens with two attached hydrogens (primary N) is 1. The molecule has 1 heterocycles. The maximum atomic E-state index is 10.2. The first kappa shape index (κ1) is 12.2. The molecule has 0 aliphatic carbocycles. The molecule has 0 saturated heterocycles. The van der Waals surface area contributed by atoms with Gasteiger partial charge in [-0.05, 0) is 17.7 Å². The van der Waals surface area contributed by atoms with E-state index in [2.05, 4.69) is 20.9 Å². The number of aliphatic hydroxyl groups is 1. The summed E-state index contributed by atoms with van der Waals surface area (Å²) in [5.41, 5.74) is 8.20. The van der Waals surface area contributed by atoms with E-state index in [1.165, 1.54) is 0 Å². The zero-order chi connectivity index (χ0) is 13.4. The third kappa shape index (κ3) is 2.22. The van der Waals surface area contributed by atoms with E-state index in [0.717, 1.165) is 10.0 Å². The Labute approximate surface area is 118 Å². The van der Waals surface area contributed by atoms with Crippen molar-refractivity contribution in [3.05, 3.63) is 58.4 Å². The van der Waals surface area contributed by atoms with Gasteiger partial charge in [0.05, 0.1) is 5.69 Å². The van der Waals surface area contributed by atoms with Crippen molar-refractivity contribution >= 4 is 32.7 Å². The Bertz CT molecular complexity index is 725. The van der Waals surface area contributed by atoms with Gasteiger partial charge in [-0.2, -0.15) is 0 Å². The summed E-state index contributed by atoms with van der Waals surface area (Å²) in [7, 11) is 0. The molecule has 0 radical (unpaired) electrons. The van der Waals surface area contributed by atoms with Crippen molar-refractivity contribution in [3.63, 3.8) is 0 Å². The van der Waals surface area contributed by atoms with E-state index < -0.39 is 6.10 Å². The van der Waals surface area contributed by atoms with Gasteiger partial charge in [-0.25, -0.2) is 4.98 Å². The molecule has 0 fully saturated rings. The van der Waals surface area contributed by atoms with Gasteiger partial charge in [0.15, 0.2) is 11.7 Å². The first-order valence-corrected chi connectivity index (χ1v) is 6.53. The molecule has 3 N–H and O–H groups in total. The highest BCUT2D eigenvalue weighted by atomic mass is 79.9. The highest BCUT2D eigenvalue weighted by Gasteiger charge is 2.18. The maximum absolute atomic E-state index is 10.2. The Hall–Kier alpha value is -1.85. The van der Waals surface area contributed by atoms with Gasteiger partial charge in [0.25, 0.3) is 0 Å². The molecular formula is C14H11BrN2O2. The predicted molar refractivity (Wildman–Crippen MR) is 76.6 cm³/mol. The van der Waals surface area contributed by atoms with Crippen LogP contribution in [0, 0.1) is 0 Å². The summed E-state index contributed by atoms with van der Waals surface area (Å²) in [6, 6.07) is 12.8. The molecule has 0 aliphatic rings. The lowest BCUT2D eigenvalue weighted by atomic mass is 10.1. The highest BCUT2D eigenvalue weighted by Crippen LogP contribution is 2.30. The number of nitrogens with zero attached hydrogens (tertiary/aromatic N) is 1. The zero-order valence-electron chi connectivity index (χ0n) is 9.88. The minimum atomic E-state index is -0.897. The normalized spacial score (nSPS) is 12.7. The average molecular weight is 319 g/mol. The van der Waals surface area contributed by atoms with Crippen LogP contribution in [-0.2, 0) is 0 Å². The van der Waals surface area contributed by atoms with Crippen molar-refractivity contribution < 1.29 is 9.52 Å². The van der Waals surface area contributed by atoms with E-state index in [1.807, 2.05) is 30.3 Å². The van der Waals surface area contributed by atoms with Gasteiger partial charge >= 0.3 is 0 Å². The Balaban J connectivity index is 2.09. The number of aliphatic hydroxyl groups excluding tert-OH is 1. The molecule has 0 amide bonds. The van der Waals surface area contributed by atoms with Crippen LogP contribution in [0.1, 0.15) is 17.6 Å². The number of fused-ring (bicyclic) bond motifs is 1. The number of hydrogen-bond donors (Lipinski definition) is 2. The first-order valence-electron chi connectivity index (χ1n) is 5.73. The van der Waals surface area contributed by atoms with Crippen LogP contribution in [0.4, 0.5) is 5.69 Å². The summed E-state index contributed by atoms with van der Waals surface area (Å²) in [5.74, 6) is 0.242. The van der Waals surface area contributed by atoms with Crippen molar-refractivity contribution in [2.24, 2.45) is 0 Å². The second-order valence-corrected chi connectivity index (χ2v) is 5.12. The van der Waals surface area contributed by atoms with E-state index in [1.54, 1.807) is 12.1 Å². The molecule has 1 unspecified atom stereocenters. The van der Waals surface area contributed by atoms with E-state index >= 15 is 0 Å². The molecule has 3 rings (SSSR count). The number of rotatable bonds is 2. The summed E-state index contributed by atoms with van der Waals surface area (Å²) >= 11 is 3.35.